The van der Waals surface area contributed by atoms with E-state index in [1.165, 1.54) is 4.88 Å². The van der Waals surface area contributed by atoms with Crippen molar-refractivity contribution in [3.63, 3.8) is 0 Å². The van der Waals surface area contributed by atoms with E-state index in [0.717, 1.165) is 16.8 Å². The number of thiophene rings is 1. The number of nitrogens with two attached hydrogens (primary N) is 1. The maximum Gasteiger partial charge on any atom is 0.188 e. The van der Waals surface area contributed by atoms with Gasteiger partial charge in [-0.1, -0.05) is 13.8 Å². The van der Waals surface area contributed by atoms with Crippen LogP contribution in [0, 0.1) is 5.92 Å². The molecule has 0 atom stereocenters. The first-order valence-corrected chi connectivity index (χ1v) is 6.97. The molecule has 5 heteroatoms. The molecule has 16 heavy (non-hydrogen) atoms. The monoisotopic (exact) mass is 303 g/mol. The predicted octanol–water partition coefficient (Wildman–Crippen LogP) is 2.96. The first kappa shape index (κ1) is 13.5. The summed E-state index contributed by atoms with van der Waals surface area (Å²) in [5.74, 6) is 1.22. The molecule has 1 aromatic rings. The lowest BCUT2D eigenvalue weighted by atomic mass is 10.1. The molecule has 0 saturated heterocycles. The molecule has 0 spiro atoms. The molecule has 0 fully saturated rings. The van der Waals surface area contributed by atoms with Crippen LogP contribution in [-0.4, -0.2) is 12.5 Å². The number of hydrogen-bond acceptors (Lipinski definition) is 2. The summed E-state index contributed by atoms with van der Waals surface area (Å²) < 4.78 is 1.13. The highest BCUT2D eigenvalue weighted by atomic mass is 79.9. The van der Waals surface area contributed by atoms with E-state index in [0.29, 0.717) is 18.4 Å². The van der Waals surface area contributed by atoms with Crippen LogP contribution in [0.3, 0.4) is 0 Å². The lowest BCUT2D eigenvalue weighted by Crippen LogP contribution is -2.32. The third-order valence-electron chi connectivity index (χ3n) is 2.06. The Morgan fingerprint density at radius 2 is 2.31 bits per heavy atom. The lowest BCUT2D eigenvalue weighted by molar-refractivity contribution is 0.576. The average Bonchev–Trinajstić information content (AvgIpc) is 2.61. The predicted molar refractivity (Wildman–Crippen MR) is 74.8 cm³/mol. The van der Waals surface area contributed by atoms with Crippen molar-refractivity contribution in [1.82, 2.24) is 5.32 Å². The van der Waals surface area contributed by atoms with Gasteiger partial charge in [0, 0.05) is 11.4 Å². The average molecular weight is 304 g/mol. The van der Waals surface area contributed by atoms with Gasteiger partial charge in [-0.3, -0.25) is 0 Å². The zero-order valence-electron chi connectivity index (χ0n) is 9.66. The zero-order chi connectivity index (χ0) is 12.0. The van der Waals surface area contributed by atoms with Crippen LogP contribution in [-0.2, 0) is 6.54 Å². The van der Waals surface area contributed by atoms with Gasteiger partial charge in [-0.05, 0) is 40.4 Å². The van der Waals surface area contributed by atoms with E-state index in [2.05, 4.69) is 46.2 Å². The van der Waals surface area contributed by atoms with Crippen molar-refractivity contribution in [1.29, 1.82) is 0 Å². The van der Waals surface area contributed by atoms with Crippen molar-refractivity contribution in [3.05, 3.63) is 20.8 Å². The molecule has 1 rings (SSSR count). The number of halogens is 1. The van der Waals surface area contributed by atoms with Gasteiger partial charge in [0.05, 0.1) is 10.3 Å². The number of hydrogen-bond donors (Lipinski definition) is 2. The largest absolute Gasteiger partial charge is 0.370 e. The van der Waals surface area contributed by atoms with Gasteiger partial charge in [-0.25, -0.2) is 4.99 Å². The summed E-state index contributed by atoms with van der Waals surface area (Å²) in [7, 11) is 0. The highest BCUT2D eigenvalue weighted by Gasteiger charge is 1.98. The Morgan fingerprint density at radius 1 is 1.56 bits per heavy atom. The van der Waals surface area contributed by atoms with Crippen LogP contribution in [0.25, 0.3) is 0 Å². The van der Waals surface area contributed by atoms with E-state index in [1.807, 2.05) is 6.07 Å². The van der Waals surface area contributed by atoms with E-state index in [4.69, 9.17) is 5.73 Å². The third-order valence-corrected chi connectivity index (χ3v) is 3.67. The van der Waals surface area contributed by atoms with Gasteiger partial charge in [-0.2, -0.15) is 0 Å². The molecule has 0 unspecified atom stereocenters. The van der Waals surface area contributed by atoms with Crippen molar-refractivity contribution in [2.45, 2.75) is 26.8 Å². The highest BCUT2D eigenvalue weighted by Crippen LogP contribution is 2.22. The normalized spacial score (nSPS) is 12.1. The molecule has 3 N–H and O–H groups in total. The number of guanidine groups is 1. The Labute approximate surface area is 109 Å². The first-order chi connectivity index (χ1) is 7.58. The Balaban J connectivity index is 2.28. The second-order valence-corrected chi connectivity index (χ2v) is 6.56. The number of nitrogens with one attached hydrogen (secondary N) is 1. The van der Waals surface area contributed by atoms with Crippen LogP contribution in [0.5, 0.6) is 0 Å². The fraction of sp³-hybridized carbons (Fsp3) is 0.545. The molecule has 0 aliphatic rings. The van der Waals surface area contributed by atoms with Crippen LogP contribution >= 0.6 is 27.3 Å². The van der Waals surface area contributed by atoms with Crippen LogP contribution in [0.2, 0.25) is 0 Å². The molecule has 1 heterocycles. The van der Waals surface area contributed by atoms with Crippen molar-refractivity contribution >= 4 is 33.2 Å². The fourth-order valence-corrected chi connectivity index (χ4v) is 2.55. The van der Waals surface area contributed by atoms with Gasteiger partial charge in [0.2, 0.25) is 0 Å². The highest BCUT2D eigenvalue weighted by molar-refractivity contribution is 9.11. The number of rotatable bonds is 5. The van der Waals surface area contributed by atoms with E-state index < -0.39 is 0 Å². The van der Waals surface area contributed by atoms with E-state index >= 15 is 0 Å². The van der Waals surface area contributed by atoms with Gasteiger partial charge >= 0.3 is 0 Å². The second kappa shape index (κ2) is 6.91. The standard InChI is InChI=1S/C11H18BrN3S/c1-8(2)5-6-14-11(13)15-7-9-3-4-10(12)16-9/h3-4,8H,5-7H2,1-2H3,(H3,13,14,15). The van der Waals surface area contributed by atoms with Crippen molar-refractivity contribution in [2.24, 2.45) is 16.6 Å². The lowest BCUT2D eigenvalue weighted by Gasteiger charge is -2.06. The Morgan fingerprint density at radius 3 is 2.88 bits per heavy atom. The molecule has 0 bridgehead atoms. The molecule has 0 aliphatic heterocycles. The molecular weight excluding hydrogens is 286 g/mol. The van der Waals surface area contributed by atoms with Crippen molar-refractivity contribution < 1.29 is 0 Å². The van der Waals surface area contributed by atoms with Crippen molar-refractivity contribution in [2.75, 3.05) is 6.54 Å². The summed E-state index contributed by atoms with van der Waals surface area (Å²) in [5.41, 5.74) is 5.75. The maximum atomic E-state index is 5.75. The van der Waals surface area contributed by atoms with Crippen LogP contribution in [0.15, 0.2) is 20.9 Å². The fourth-order valence-electron chi connectivity index (χ4n) is 1.14. The van der Waals surface area contributed by atoms with Crippen molar-refractivity contribution in [3.8, 4) is 0 Å². The Bertz CT molecular complexity index is 347. The van der Waals surface area contributed by atoms with Crippen LogP contribution < -0.4 is 11.1 Å². The smallest absolute Gasteiger partial charge is 0.188 e. The second-order valence-electron chi connectivity index (χ2n) is 4.02. The van der Waals surface area contributed by atoms with Gasteiger partial charge in [-0.15, -0.1) is 11.3 Å². The molecule has 0 amide bonds. The summed E-state index contributed by atoms with van der Waals surface area (Å²) >= 11 is 5.10. The topological polar surface area (TPSA) is 50.4 Å². The maximum absolute atomic E-state index is 5.75. The van der Waals surface area contributed by atoms with Crippen LogP contribution in [0.1, 0.15) is 25.1 Å². The molecule has 3 nitrogen and oxygen atoms in total. The molecule has 0 saturated carbocycles. The summed E-state index contributed by atoms with van der Waals surface area (Å²) in [6.45, 7) is 5.92. The number of nitrogens with zero attached hydrogens (tertiary/aromatic N) is 1. The van der Waals surface area contributed by atoms with E-state index in [1.54, 1.807) is 11.3 Å². The number of aliphatic imine (C=N–C) groups is 1. The van der Waals surface area contributed by atoms with Gasteiger partial charge in [0.1, 0.15) is 0 Å². The molecule has 0 aliphatic carbocycles. The minimum atomic E-state index is 0.533. The summed E-state index contributed by atoms with van der Waals surface area (Å²) in [6, 6.07) is 4.08. The summed E-state index contributed by atoms with van der Waals surface area (Å²) in [4.78, 5) is 5.49. The SMILES string of the molecule is CC(C)CCNC(N)=NCc1ccc(Br)s1. The minimum Gasteiger partial charge on any atom is -0.370 e. The minimum absolute atomic E-state index is 0.533. The molecule has 0 radical (unpaired) electrons. The Kier molecular flexibility index (Phi) is 5.84. The van der Waals surface area contributed by atoms with E-state index in [9.17, 15) is 0 Å². The van der Waals surface area contributed by atoms with Gasteiger partial charge in [0.25, 0.3) is 0 Å². The Hall–Kier alpha value is -0.550. The zero-order valence-corrected chi connectivity index (χ0v) is 12.1. The molecular formula is C11H18BrN3S. The quantitative estimate of drug-likeness (QED) is 0.649. The molecule has 1 aromatic heterocycles. The first-order valence-electron chi connectivity index (χ1n) is 5.36. The summed E-state index contributed by atoms with van der Waals surface area (Å²) in [6.07, 6.45) is 1.11. The van der Waals surface area contributed by atoms with E-state index in [-0.39, 0.29) is 0 Å². The van der Waals surface area contributed by atoms with Gasteiger partial charge in [0.15, 0.2) is 5.96 Å². The molecule has 90 valence electrons. The van der Waals surface area contributed by atoms with Crippen LogP contribution in [0.4, 0.5) is 0 Å². The third kappa shape index (κ3) is 5.51. The van der Waals surface area contributed by atoms with Gasteiger partial charge < -0.3 is 11.1 Å². The molecule has 0 aromatic carbocycles. The summed E-state index contributed by atoms with van der Waals surface area (Å²) in [5, 5.41) is 3.11.